The number of rotatable bonds is 5. The zero-order valence-electron chi connectivity index (χ0n) is 18.2. The molecule has 1 aromatic heterocycles. The summed E-state index contributed by atoms with van der Waals surface area (Å²) in [6.45, 7) is 10.0. The molecule has 2 aromatic rings. The van der Waals surface area contributed by atoms with E-state index < -0.39 is 0 Å². The second-order valence-corrected chi connectivity index (χ2v) is 8.55. The molecule has 2 amide bonds. The monoisotopic (exact) mass is 414 g/mol. The van der Waals surface area contributed by atoms with Crippen LogP contribution >= 0.6 is 0 Å². The summed E-state index contributed by atoms with van der Waals surface area (Å²) in [5.41, 5.74) is 1.27. The van der Waals surface area contributed by atoms with Crippen LogP contribution in [0.5, 0.6) is 0 Å². The van der Waals surface area contributed by atoms with E-state index in [2.05, 4.69) is 5.10 Å². The molecule has 1 aliphatic heterocycles. The van der Waals surface area contributed by atoms with Gasteiger partial charge in [-0.05, 0) is 76.8 Å². The molecule has 0 atom stereocenters. The van der Waals surface area contributed by atoms with Crippen LogP contribution in [0.4, 0.5) is 9.18 Å². The summed E-state index contributed by atoms with van der Waals surface area (Å²) in [6.07, 6.45) is 1.68. The Morgan fingerprint density at radius 1 is 1.07 bits per heavy atom. The Morgan fingerprint density at radius 3 is 2.23 bits per heavy atom. The van der Waals surface area contributed by atoms with Crippen molar-refractivity contribution in [1.82, 2.24) is 19.6 Å². The van der Waals surface area contributed by atoms with Gasteiger partial charge in [-0.25, -0.2) is 13.9 Å². The highest BCUT2D eigenvalue weighted by Gasteiger charge is 2.29. The molecule has 0 radical (unpaired) electrons. The number of piperidine rings is 1. The van der Waals surface area contributed by atoms with Gasteiger partial charge in [0.25, 0.3) is 5.56 Å². The van der Waals surface area contributed by atoms with Gasteiger partial charge in [0.15, 0.2) is 0 Å². The van der Waals surface area contributed by atoms with Crippen molar-refractivity contribution in [3.05, 3.63) is 52.6 Å². The molecule has 0 aliphatic carbocycles. The predicted octanol–water partition coefficient (Wildman–Crippen LogP) is 4.00. The Kier molecular flexibility index (Phi) is 6.90. The number of carbonyl (C=O) groups is 1. The maximum Gasteiger partial charge on any atom is 0.320 e. The van der Waals surface area contributed by atoms with E-state index in [-0.39, 0.29) is 35.4 Å². The van der Waals surface area contributed by atoms with Crippen molar-refractivity contribution < 1.29 is 9.18 Å². The smallest absolute Gasteiger partial charge is 0.320 e. The molecule has 0 unspecified atom stereocenters. The molecule has 2 heterocycles. The van der Waals surface area contributed by atoms with Crippen molar-refractivity contribution in [2.45, 2.75) is 59.2 Å². The number of aromatic nitrogens is 2. The first-order chi connectivity index (χ1) is 14.3. The van der Waals surface area contributed by atoms with E-state index in [4.69, 9.17) is 0 Å². The Balaban J connectivity index is 1.65. The highest BCUT2D eigenvalue weighted by atomic mass is 19.1. The lowest BCUT2D eigenvalue weighted by Gasteiger charge is -2.39. The minimum absolute atomic E-state index is 0.0899. The normalized spacial score (nSPS) is 15.1. The fraction of sp³-hybridized carbons (Fsp3) is 0.522. The van der Waals surface area contributed by atoms with E-state index >= 15 is 0 Å². The minimum atomic E-state index is -0.304. The van der Waals surface area contributed by atoms with Gasteiger partial charge in [0, 0.05) is 43.3 Å². The average molecular weight is 415 g/mol. The van der Waals surface area contributed by atoms with Crippen LogP contribution in [0.15, 0.2) is 41.2 Å². The lowest BCUT2D eigenvalue weighted by atomic mass is 9.97. The quantitative estimate of drug-likeness (QED) is 0.743. The first-order valence-corrected chi connectivity index (χ1v) is 10.7. The molecule has 0 saturated carbocycles. The summed E-state index contributed by atoms with van der Waals surface area (Å²) < 4.78 is 14.7. The third-order valence-electron chi connectivity index (χ3n) is 5.66. The van der Waals surface area contributed by atoms with Crippen molar-refractivity contribution in [2.75, 3.05) is 13.1 Å². The number of carbonyl (C=O) groups excluding carboxylic acids is 1. The van der Waals surface area contributed by atoms with E-state index in [1.54, 1.807) is 18.2 Å². The van der Waals surface area contributed by atoms with Crippen LogP contribution in [0.3, 0.4) is 0 Å². The molecule has 0 spiro atoms. The SMILES string of the molecule is CC(C)N(C(=O)N1CCC(Cn2nc(-c3ccc(F)cc3)ccc2=O)CC1)C(C)C. The number of urea groups is 1. The third kappa shape index (κ3) is 5.07. The number of likely N-dealkylation sites (tertiary alicyclic amines) is 1. The molecule has 0 N–H and O–H groups in total. The van der Waals surface area contributed by atoms with Gasteiger partial charge < -0.3 is 9.80 Å². The molecule has 1 fully saturated rings. The van der Waals surface area contributed by atoms with E-state index in [1.807, 2.05) is 37.5 Å². The second-order valence-electron chi connectivity index (χ2n) is 8.55. The predicted molar refractivity (Wildman–Crippen MR) is 116 cm³/mol. The Bertz CT molecular complexity index is 908. The van der Waals surface area contributed by atoms with Crippen LogP contribution in [-0.2, 0) is 6.54 Å². The zero-order valence-corrected chi connectivity index (χ0v) is 18.2. The molecule has 162 valence electrons. The molecule has 1 aromatic carbocycles. The fourth-order valence-corrected chi connectivity index (χ4v) is 4.11. The summed E-state index contributed by atoms with van der Waals surface area (Å²) in [6, 6.07) is 9.67. The topological polar surface area (TPSA) is 58.4 Å². The molecule has 0 bridgehead atoms. The van der Waals surface area contributed by atoms with Crippen LogP contribution < -0.4 is 5.56 Å². The number of amides is 2. The summed E-state index contributed by atoms with van der Waals surface area (Å²) in [5.74, 6) is -0.0175. The van der Waals surface area contributed by atoms with Crippen molar-refractivity contribution >= 4 is 6.03 Å². The number of benzene rings is 1. The van der Waals surface area contributed by atoms with Crippen LogP contribution in [0.1, 0.15) is 40.5 Å². The van der Waals surface area contributed by atoms with Gasteiger partial charge in [0.2, 0.25) is 0 Å². The molecular weight excluding hydrogens is 383 g/mol. The Labute approximate surface area is 177 Å². The van der Waals surface area contributed by atoms with E-state index in [9.17, 15) is 14.0 Å². The van der Waals surface area contributed by atoms with Crippen LogP contribution in [0, 0.1) is 11.7 Å². The molecule has 30 heavy (non-hydrogen) atoms. The number of hydrogen-bond acceptors (Lipinski definition) is 3. The first-order valence-electron chi connectivity index (χ1n) is 10.7. The molecule has 3 rings (SSSR count). The largest absolute Gasteiger partial charge is 0.325 e. The van der Waals surface area contributed by atoms with Gasteiger partial charge in [0.1, 0.15) is 5.82 Å². The lowest BCUT2D eigenvalue weighted by molar-refractivity contribution is 0.106. The molecular formula is C23H31FN4O2. The zero-order chi connectivity index (χ0) is 21.8. The second kappa shape index (κ2) is 9.41. The van der Waals surface area contributed by atoms with Gasteiger partial charge in [-0.15, -0.1) is 0 Å². The van der Waals surface area contributed by atoms with E-state index in [1.165, 1.54) is 22.9 Å². The molecule has 1 aliphatic rings. The summed E-state index contributed by atoms with van der Waals surface area (Å²) in [7, 11) is 0. The summed E-state index contributed by atoms with van der Waals surface area (Å²) >= 11 is 0. The van der Waals surface area contributed by atoms with Gasteiger partial charge >= 0.3 is 6.03 Å². The maximum atomic E-state index is 13.2. The summed E-state index contributed by atoms with van der Waals surface area (Å²) in [4.78, 5) is 29.0. The molecule has 6 nitrogen and oxygen atoms in total. The third-order valence-corrected chi connectivity index (χ3v) is 5.66. The van der Waals surface area contributed by atoms with Crippen LogP contribution in [0.2, 0.25) is 0 Å². The summed E-state index contributed by atoms with van der Waals surface area (Å²) in [5, 5.41) is 4.49. The van der Waals surface area contributed by atoms with Gasteiger partial charge in [0.05, 0.1) is 5.69 Å². The van der Waals surface area contributed by atoms with Gasteiger partial charge in [-0.1, -0.05) is 0 Å². The fourth-order valence-electron chi connectivity index (χ4n) is 4.11. The van der Waals surface area contributed by atoms with Crippen molar-refractivity contribution in [3.8, 4) is 11.3 Å². The maximum absolute atomic E-state index is 13.2. The lowest BCUT2D eigenvalue weighted by Crippen LogP contribution is -2.52. The van der Waals surface area contributed by atoms with Crippen molar-refractivity contribution in [2.24, 2.45) is 5.92 Å². The minimum Gasteiger partial charge on any atom is -0.325 e. The van der Waals surface area contributed by atoms with Crippen LogP contribution in [0.25, 0.3) is 11.3 Å². The van der Waals surface area contributed by atoms with Crippen LogP contribution in [-0.4, -0.2) is 50.8 Å². The Morgan fingerprint density at radius 2 is 1.67 bits per heavy atom. The highest BCUT2D eigenvalue weighted by Crippen LogP contribution is 2.22. The number of hydrogen-bond donors (Lipinski definition) is 0. The average Bonchev–Trinajstić information content (AvgIpc) is 2.70. The number of nitrogens with zero attached hydrogens (tertiary/aromatic N) is 4. The van der Waals surface area contributed by atoms with E-state index in [0.717, 1.165) is 18.4 Å². The standard InChI is InChI=1S/C23H31FN4O2/c1-16(2)28(17(3)4)23(30)26-13-11-18(12-14-26)15-27-22(29)10-9-21(25-27)19-5-7-20(24)8-6-19/h5-10,16-18H,11-15H2,1-4H3. The van der Waals surface area contributed by atoms with Gasteiger partial charge in [-0.2, -0.15) is 5.10 Å². The van der Waals surface area contributed by atoms with Gasteiger partial charge in [-0.3, -0.25) is 4.79 Å². The molecule has 1 saturated heterocycles. The first kappa shape index (κ1) is 22.0. The number of halogens is 1. The van der Waals surface area contributed by atoms with Crippen molar-refractivity contribution in [1.29, 1.82) is 0 Å². The highest BCUT2D eigenvalue weighted by molar-refractivity contribution is 5.75. The molecule has 7 heteroatoms. The van der Waals surface area contributed by atoms with Crippen molar-refractivity contribution in [3.63, 3.8) is 0 Å². The Hall–Kier alpha value is -2.70. The van der Waals surface area contributed by atoms with E-state index in [0.29, 0.717) is 25.3 Å².